The Morgan fingerprint density at radius 3 is 2.52 bits per heavy atom. The molecule has 1 aromatic heterocycles. The minimum Gasteiger partial charge on any atom is -0.379 e. The molecule has 8 heteroatoms. The van der Waals surface area contributed by atoms with E-state index in [4.69, 9.17) is 16.3 Å². The van der Waals surface area contributed by atoms with Crippen molar-refractivity contribution < 1.29 is 13.5 Å². The van der Waals surface area contributed by atoms with Crippen molar-refractivity contribution in [2.45, 2.75) is 12.5 Å². The summed E-state index contributed by atoms with van der Waals surface area (Å²) in [5, 5.41) is 4.66. The number of anilines is 1. The number of halogens is 3. The second-order valence-electron chi connectivity index (χ2n) is 6.81. The molecule has 0 aliphatic carbocycles. The Morgan fingerprint density at radius 1 is 1.03 bits per heavy atom. The van der Waals surface area contributed by atoms with Crippen molar-refractivity contribution in [1.29, 1.82) is 0 Å². The molecule has 2 aromatic carbocycles. The molecule has 0 amide bonds. The van der Waals surface area contributed by atoms with Crippen LogP contribution < -0.4 is 5.32 Å². The molecule has 1 unspecified atom stereocenters. The van der Waals surface area contributed by atoms with E-state index in [1.165, 1.54) is 0 Å². The van der Waals surface area contributed by atoms with Crippen LogP contribution in [0.15, 0.2) is 48.5 Å². The van der Waals surface area contributed by atoms with Gasteiger partial charge in [-0.2, -0.15) is 0 Å². The third kappa shape index (κ3) is 4.47. The van der Waals surface area contributed by atoms with Crippen molar-refractivity contribution in [1.82, 2.24) is 14.9 Å². The van der Waals surface area contributed by atoms with Crippen molar-refractivity contribution in [3.8, 4) is 0 Å². The summed E-state index contributed by atoms with van der Waals surface area (Å²) in [5.41, 5.74) is 1.47. The molecule has 1 atom stereocenters. The van der Waals surface area contributed by atoms with E-state index in [0.717, 1.165) is 18.7 Å². The molecular weight excluding hydrogens is 398 g/mol. The van der Waals surface area contributed by atoms with E-state index in [1.54, 1.807) is 12.1 Å². The van der Waals surface area contributed by atoms with Gasteiger partial charge < -0.3 is 10.1 Å². The predicted molar refractivity (Wildman–Crippen MR) is 110 cm³/mol. The van der Waals surface area contributed by atoms with Crippen LogP contribution in [0.3, 0.4) is 0 Å². The quantitative estimate of drug-likeness (QED) is 0.628. The SMILES string of the molecule is FC(F)c1nc(NCC(c2ccccc2Cl)N2CCOCC2)c2ccccc2n1. The topological polar surface area (TPSA) is 50.3 Å². The van der Waals surface area contributed by atoms with Gasteiger partial charge in [0.1, 0.15) is 5.82 Å². The summed E-state index contributed by atoms with van der Waals surface area (Å²) in [6.07, 6.45) is -2.74. The Bertz CT molecular complexity index is 982. The number of alkyl halides is 2. The molecule has 0 bridgehead atoms. The molecule has 0 saturated carbocycles. The van der Waals surface area contributed by atoms with Crippen LogP contribution in [0, 0.1) is 0 Å². The number of para-hydroxylation sites is 1. The number of hydrogen-bond acceptors (Lipinski definition) is 5. The third-order valence-electron chi connectivity index (χ3n) is 5.03. The number of nitrogens with zero attached hydrogens (tertiary/aromatic N) is 3. The first-order valence-electron chi connectivity index (χ1n) is 9.48. The van der Waals surface area contributed by atoms with E-state index in [2.05, 4.69) is 20.2 Å². The van der Waals surface area contributed by atoms with Crippen molar-refractivity contribution in [2.24, 2.45) is 0 Å². The zero-order valence-electron chi connectivity index (χ0n) is 15.7. The summed E-state index contributed by atoms with van der Waals surface area (Å²) in [4.78, 5) is 10.3. The summed E-state index contributed by atoms with van der Waals surface area (Å²) >= 11 is 6.47. The van der Waals surface area contributed by atoms with Crippen molar-refractivity contribution >= 4 is 28.3 Å². The number of benzene rings is 2. The van der Waals surface area contributed by atoms with Crippen LogP contribution >= 0.6 is 11.6 Å². The van der Waals surface area contributed by atoms with Gasteiger partial charge in [0.05, 0.1) is 24.8 Å². The zero-order valence-corrected chi connectivity index (χ0v) is 16.4. The molecule has 1 aliphatic rings. The zero-order chi connectivity index (χ0) is 20.2. The molecule has 29 heavy (non-hydrogen) atoms. The molecule has 1 saturated heterocycles. The highest BCUT2D eigenvalue weighted by Crippen LogP contribution is 2.30. The molecule has 0 spiro atoms. The normalized spacial score (nSPS) is 16.3. The highest BCUT2D eigenvalue weighted by molar-refractivity contribution is 6.31. The fraction of sp³-hybridized carbons (Fsp3) is 0.333. The molecule has 152 valence electrons. The number of fused-ring (bicyclic) bond motifs is 1. The Labute approximate surface area is 172 Å². The Balaban J connectivity index is 1.66. The Kier molecular flexibility index (Phi) is 6.18. The number of ether oxygens (including phenoxy) is 1. The van der Waals surface area contributed by atoms with Gasteiger partial charge in [-0.1, -0.05) is 41.9 Å². The van der Waals surface area contributed by atoms with Crippen LogP contribution in [0.4, 0.5) is 14.6 Å². The lowest BCUT2D eigenvalue weighted by Gasteiger charge is -2.35. The van der Waals surface area contributed by atoms with Gasteiger partial charge in [-0.15, -0.1) is 0 Å². The standard InChI is InChI=1S/C21H21ClF2N4O/c22-16-7-3-1-5-14(16)18(28-9-11-29-12-10-28)13-25-20-15-6-2-4-8-17(15)26-21(27-20)19(23)24/h1-8,18-19H,9-13H2,(H,25,26,27). The largest absolute Gasteiger partial charge is 0.379 e. The average Bonchev–Trinajstić information content (AvgIpc) is 2.75. The monoisotopic (exact) mass is 418 g/mol. The van der Waals surface area contributed by atoms with Gasteiger partial charge in [0.25, 0.3) is 6.43 Å². The minimum atomic E-state index is -2.74. The number of morpholine rings is 1. The van der Waals surface area contributed by atoms with Gasteiger partial charge in [0, 0.05) is 30.0 Å². The summed E-state index contributed by atoms with van der Waals surface area (Å²) in [5.74, 6) is -0.0805. The lowest BCUT2D eigenvalue weighted by atomic mass is 10.0. The molecular formula is C21H21ClF2N4O. The van der Waals surface area contributed by atoms with E-state index in [1.807, 2.05) is 36.4 Å². The molecule has 4 rings (SSSR count). The second-order valence-corrected chi connectivity index (χ2v) is 7.22. The number of nitrogens with one attached hydrogen (secondary N) is 1. The van der Waals surface area contributed by atoms with Gasteiger partial charge in [0.2, 0.25) is 0 Å². The van der Waals surface area contributed by atoms with E-state index in [-0.39, 0.29) is 6.04 Å². The molecule has 1 N–H and O–H groups in total. The molecule has 5 nitrogen and oxygen atoms in total. The van der Waals surface area contributed by atoms with Crippen LogP contribution in [0.25, 0.3) is 10.9 Å². The van der Waals surface area contributed by atoms with Crippen LogP contribution in [-0.2, 0) is 4.74 Å². The lowest BCUT2D eigenvalue weighted by molar-refractivity contribution is 0.0187. The first kappa shape index (κ1) is 19.9. The molecule has 1 fully saturated rings. The van der Waals surface area contributed by atoms with Crippen LogP contribution in [0.5, 0.6) is 0 Å². The average molecular weight is 419 g/mol. The van der Waals surface area contributed by atoms with Gasteiger partial charge >= 0.3 is 0 Å². The first-order valence-corrected chi connectivity index (χ1v) is 9.86. The molecule has 0 radical (unpaired) electrons. The molecule has 2 heterocycles. The van der Waals surface area contributed by atoms with E-state index < -0.39 is 12.2 Å². The highest BCUT2D eigenvalue weighted by atomic mass is 35.5. The van der Waals surface area contributed by atoms with E-state index >= 15 is 0 Å². The number of hydrogen-bond donors (Lipinski definition) is 1. The van der Waals surface area contributed by atoms with Gasteiger partial charge in [-0.25, -0.2) is 18.7 Å². The summed E-state index contributed by atoms with van der Waals surface area (Å²) in [6.45, 7) is 3.29. The first-order chi connectivity index (χ1) is 14.1. The fourth-order valence-electron chi connectivity index (χ4n) is 3.59. The molecule has 3 aromatic rings. The summed E-state index contributed by atoms with van der Waals surface area (Å²) in [7, 11) is 0. The van der Waals surface area contributed by atoms with Crippen molar-refractivity contribution in [3.63, 3.8) is 0 Å². The maximum absolute atomic E-state index is 13.3. The van der Waals surface area contributed by atoms with Crippen LogP contribution in [0.2, 0.25) is 5.02 Å². The van der Waals surface area contributed by atoms with E-state index in [9.17, 15) is 8.78 Å². The highest BCUT2D eigenvalue weighted by Gasteiger charge is 2.25. The third-order valence-corrected chi connectivity index (χ3v) is 5.37. The maximum atomic E-state index is 13.3. The Morgan fingerprint density at radius 2 is 1.76 bits per heavy atom. The minimum absolute atomic E-state index is 0.0451. The maximum Gasteiger partial charge on any atom is 0.297 e. The number of aromatic nitrogens is 2. The lowest BCUT2D eigenvalue weighted by Crippen LogP contribution is -2.41. The summed E-state index contributed by atoms with van der Waals surface area (Å²) in [6, 6.07) is 14.8. The predicted octanol–water partition coefficient (Wildman–Crippen LogP) is 4.71. The van der Waals surface area contributed by atoms with Crippen molar-refractivity contribution in [2.75, 3.05) is 38.2 Å². The van der Waals surface area contributed by atoms with Crippen LogP contribution in [0.1, 0.15) is 23.9 Å². The smallest absolute Gasteiger partial charge is 0.297 e. The van der Waals surface area contributed by atoms with Crippen LogP contribution in [-0.4, -0.2) is 47.7 Å². The second kappa shape index (κ2) is 8.98. The fourth-order valence-corrected chi connectivity index (χ4v) is 3.85. The number of rotatable bonds is 6. The molecule has 1 aliphatic heterocycles. The van der Waals surface area contributed by atoms with Gasteiger partial charge in [-0.05, 0) is 23.8 Å². The van der Waals surface area contributed by atoms with Crippen molar-refractivity contribution in [3.05, 3.63) is 64.9 Å². The Hall–Kier alpha value is -2.35. The summed E-state index contributed by atoms with van der Waals surface area (Å²) < 4.78 is 32.1. The van der Waals surface area contributed by atoms with Gasteiger partial charge in [0.15, 0.2) is 5.82 Å². The van der Waals surface area contributed by atoms with E-state index in [0.29, 0.717) is 41.5 Å². The van der Waals surface area contributed by atoms with Gasteiger partial charge in [-0.3, -0.25) is 4.90 Å².